The minimum atomic E-state index is -4.79. The highest BCUT2D eigenvalue weighted by molar-refractivity contribution is 7.21. The molecule has 0 bridgehead atoms. The number of fused-ring (bicyclic) bond motifs is 1. The molecule has 0 fully saturated rings. The number of alkyl halides is 5. The number of aromatic nitrogens is 5. The van der Waals surface area contributed by atoms with Crippen LogP contribution in [-0.2, 0) is 19.8 Å². The van der Waals surface area contributed by atoms with Gasteiger partial charge in [-0.05, 0) is 25.5 Å². The number of nitrogens with one attached hydrogen (secondary N) is 1. The number of halogens is 5. The average Bonchev–Trinajstić information content (AvgIpc) is 3.47. The van der Waals surface area contributed by atoms with Crippen molar-refractivity contribution in [2.45, 2.75) is 33.0 Å². The normalized spacial score (nSPS) is 12.0. The minimum Gasteiger partial charge on any atom is -0.365 e. The average molecular weight is 527 g/mol. The standard InChI is InChI=1S/C21H18F5N7O2S/c1-4-33-7-10(8(2)30-33)9-5-11(17(22)23)28-20-14(9)15(16(36-20)18(27)34)29-19(35)12-6-13(21(24,25)26)31-32(12)3/h5-7,17H,4H2,1-3H3,(H2,27,34)(H,29,35). The molecule has 0 saturated heterocycles. The molecule has 4 aromatic heterocycles. The number of carbonyl (C=O) groups excluding carboxylic acids is 2. The number of pyridine rings is 1. The Hall–Kier alpha value is -3.88. The van der Waals surface area contributed by atoms with E-state index in [9.17, 15) is 31.5 Å². The summed E-state index contributed by atoms with van der Waals surface area (Å²) in [6, 6.07) is 1.67. The summed E-state index contributed by atoms with van der Waals surface area (Å²) >= 11 is 0.678. The minimum absolute atomic E-state index is 0.0171. The van der Waals surface area contributed by atoms with Crippen LogP contribution in [0.5, 0.6) is 0 Å². The maximum absolute atomic E-state index is 13.7. The summed E-state index contributed by atoms with van der Waals surface area (Å²) in [7, 11) is 1.15. The number of thiophene rings is 1. The highest BCUT2D eigenvalue weighted by Gasteiger charge is 2.36. The summed E-state index contributed by atoms with van der Waals surface area (Å²) in [5, 5.41) is 10.2. The van der Waals surface area contributed by atoms with Gasteiger partial charge in [-0.3, -0.25) is 19.0 Å². The van der Waals surface area contributed by atoms with Gasteiger partial charge in [-0.1, -0.05) is 0 Å². The third-order valence-corrected chi connectivity index (χ3v) is 6.43. The first kappa shape index (κ1) is 25.2. The number of anilines is 1. The molecule has 0 aliphatic carbocycles. The number of hydrogen-bond donors (Lipinski definition) is 2. The molecule has 36 heavy (non-hydrogen) atoms. The number of hydrogen-bond acceptors (Lipinski definition) is 6. The van der Waals surface area contributed by atoms with Crippen molar-refractivity contribution in [3.05, 3.63) is 46.0 Å². The van der Waals surface area contributed by atoms with Crippen molar-refractivity contribution in [1.29, 1.82) is 0 Å². The van der Waals surface area contributed by atoms with Crippen LogP contribution < -0.4 is 11.1 Å². The highest BCUT2D eigenvalue weighted by atomic mass is 32.1. The first-order valence-corrected chi connectivity index (χ1v) is 11.2. The van der Waals surface area contributed by atoms with E-state index in [1.807, 2.05) is 6.92 Å². The lowest BCUT2D eigenvalue weighted by Gasteiger charge is -2.10. The molecular weight excluding hydrogens is 509 g/mol. The number of primary amides is 1. The van der Waals surface area contributed by atoms with Gasteiger partial charge < -0.3 is 11.1 Å². The predicted octanol–water partition coefficient (Wildman–Crippen LogP) is 4.53. The van der Waals surface area contributed by atoms with Crippen molar-refractivity contribution < 1.29 is 31.5 Å². The molecule has 4 heterocycles. The lowest BCUT2D eigenvalue weighted by molar-refractivity contribution is -0.141. The summed E-state index contributed by atoms with van der Waals surface area (Å²) in [4.78, 5) is 28.9. The van der Waals surface area contributed by atoms with Gasteiger partial charge in [0.05, 0.1) is 11.4 Å². The fourth-order valence-electron chi connectivity index (χ4n) is 3.67. The number of aryl methyl sites for hydroxylation is 3. The quantitative estimate of drug-likeness (QED) is 0.357. The maximum atomic E-state index is 13.7. The SMILES string of the molecule is CCn1cc(-c2cc(C(F)F)nc3sc(C(N)=O)c(NC(=O)c4cc(C(F)(F)F)nn4C)c23)c(C)n1. The molecule has 0 atom stereocenters. The number of nitrogens with zero attached hydrogens (tertiary/aromatic N) is 5. The van der Waals surface area contributed by atoms with Crippen molar-refractivity contribution in [3.8, 4) is 11.1 Å². The van der Waals surface area contributed by atoms with Crippen LogP contribution in [0.3, 0.4) is 0 Å². The molecule has 0 aliphatic rings. The molecule has 3 N–H and O–H groups in total. The third kappa shape index (κ3) is 4.41. The molecule has 2 amide bonds. The zero-order valence-electron chi connectivity index (χ0n) is 18.9. The van der Waals surface area contributed by atoms with Crippen molar-refractivity contribution >= 4 is 39.1 Å². The maximum Gasteiger partial charge on any atom is 0.435 e. The van der Waals surface area contributed by atoms with E-state index >= 15 is 0 Å². The molecule has 0 aliphatic heterocycles. The molecule has 0 spiro atoms. The van der Waals surface area contributed by atoms with E-state index in [1.54, 1.807) is 17.8 Å². The Morgan fingerprint density at radius 3 is 2.42 bits per heavy atom. The lowest BCUT2D eigenvalue weighted by atomic mass is 10.0. The fourth-order valence-corrected chi connectivity index (χ4v) is 4.69. The number of rotatable bonds is 6. The Labute approximate surface area is 203 Å². The van der Waals surface area contributed by atoms with Gasteiger partial charge in [-0.15, -0.1) is 11.3 Å². The van der Waals surface area contributed by atoms with Gasteiger partial charge in [0.1, 0.15) is 21.1 Å². The molecule has 0 radical (unpaired) electrons. The Morgan fingerprint density at radius 1 is 1.19 bits per heavy atom. The Kier molecular flexibility index (Phi) is 6.28. The largest absolute Gasteiger partial charge is 0.435 e. The van der Waals surface area contributed by atoms with E-state index in [0.717, 1.165) is 17.8 Å². The van der Waals surface area contributed by atoms with Crippen LogP contribution in [0.2, 0.25) is 0 Å². The summed E-state index contributed by atoms with van der Waals surface area (Å²) in [6.45, 7) is 3.97. The Morgan fingerprint density at radius 2 is 1.89 bits per heavy atom. The van der Waals surface area contributed by atoms with E-state index in [1.165, 1.54) is 0 Å². The molecule has 9 nitrogen and oxygen atoms in total. The zero-order chi connectivity index (χ0) is 26.5. The van der Waals surface area contributed by atoms with Crippen molar-refractivity contribution in [2.75, 3.05) is 5.32 Å². The Bertz CT molecular complexity index is 1500. The zero-order valence-corrected chi connectivity index (χ0v) is 19.8. The highest BCUT2D eigenvalue weighted by Crippen LogP contribution is 2.43. The first-order chi connectivity index (χ1) is 16.8. The van der Waals surface area contributed by atoms with Gasteiger partial charge in [0.2, 0.25) is 0 Å². The van der Waals surface area contributed by atoms with Crippen LogP contribution in [0.4, 0.5) is 27.6 Å². The monoisotopic (exact) mass is 527 g/mol. The van der Waals surface area contributed by atoms with Crippen LogP contribution in [0, 0.1) is 6.92 Å². The fraction of sp³-hybridized carbons (Fsp3) is 0.286. The second-order valence-corrected chi connectivity index (χ2v) is 8.72. The van der Waals surface area contributed by atoms with E-state index in [4.69, 9.17) is 5.73 Å². The number of nitrogens with two attached hydrogens (primary N) is 1. The predicted molar refractivity (Wildman–Crippen MR) is 121 cm³/mol. The van der Waals surface area contributed by atoms with E-state index in [-0.39, 0.29) is 26.3 Å². The smallest absolute Gasteiger partial charge is 0.365 e. The van der Waals surface area contributed by atoms with Gasteiger partial charge in [0.25, 0.3) is 18.2 Å². The summed E-state index contributed by atoms with van der Waals surface area (Å²) in [5.74, 6) is -2.01. The van der Waals surface area contributed by atoms with E-state index in [2.05, 4.69) is 20.5 Å². The second kappa shape index (κ2) is 8.96. The summed E-state index contributed by atoms with van der Waals surface area (Å²) in [5.41, 5.74) is 4.14. The molecule has 190 valence electrons. The van der Waals surface area contributed by atoms with Crippen molar-refractivity contribution in [3.63, 3.8) is 0 Å². The van der Waals surface area contributed by atoms with Gasteiger partial charge >= 0.3 is 6.18 Å². The molecular formula is C21H18F5N7O2S. The number of amides is 2. The Balaban J connectivity index is 1.95. The van der Waals surface area contributed by atoms with Crippen LogP contribution in [0.15, 0.2) is 18.3 Å². The summed E-state index contributed by atoms with van der Waals surface area (Å²) < 4.78 is 68.8. The second-order valence-electron chi connectivity index (χ2n) is 7.72. The molecule has 4 rings (SSSR count). The van der Waals surface area contributed by atoms with E-state index in [0.29, 0.717) is 35.2 Å². The lowest BCUT2D eigenvalue weighted by Crippen LogP contribution is -2.19. The van der Waals surface area contributed by atoms with Crippen LogP contribution in [0.1, 0.15) is 50.6 Å². The van der Waals surface area contributed by atoms with Crippen LogP contribution in [0.25, 0.3) is 21.3 Å². The molecule has 15 heteroatoms. The van der Waals surface area contributed by atoms with Gasteiger partial charge in [0.15, 0.2) is 5.69 Å². The van der Waals surface area contributed by atoms with Gasteiger partial charge in [-0.25, -0.2) is 13.8 Å². The van der Waals surface area contributed by atoms with Gasteiger partial charge in [-0.2, -0.15) is 23.4 Å². The van der Waals surface area contributed by atoms with Crippen molar-refractivity contribution in [2.24, 2.45) is 12.8 Å². The topological polar surface area (TPSA) is 121 Å². The third-order valence-electron chi connectivity index (χ3n) is 5.33. The van der Waals surface area contributed by atoms with Gasteiger partial charge in [0, 0.05) is 36.8 Å². The van der Waals surface area contributed by atoms with E-state index < -0.39 is 41.5 Å². The van der Waals surface area contributed by atoms with Crippen molar-refractivity contribution in [1.82, 2.24) is 24.5 Å². The molecule has 4 aromatic rings. The van der Waals surface area contributed by atoms with Crippen LogP contribution >= 0.6 is 11.3 Å². The first-order valence-electron chi connectivity index (χ1n) is 10.3. The molecule has 0 saturated carbocycles. The molecule has 0 unspecified atom stereocenters. The number of carbonyl (C=O) groups is 2. The summed E-state index contributed by atoms with van der Waals surface area (Å²) in [6.07, 6.45) is -6.12. The molecule has 0 aromatic carbocycles. The van der Waals surface area contributed by atoms with Crippen LogP contribution in [-0.4, -0.2) is 36.4 Å².